The predicted molar refractivity (Wildman–Crippen MR) is 91.5 cm³/mol. The molecule has 0 saturated carbocycles. The lowest BCUT2D eigenvalue weighted by molar-refractivity contribution is 0.327. The van der Waals surface area contributed by atoms with Crippen LogP contribution in [0.15, 0.2) is 28.9 Å². The van der Waals surface area contributed by atoms with Crippen molar-refractivity contribution >= 4 is 27.0 Å². The highest BCUT2D eigenvalue weighted by molar-refractivity contribution is 9.10. The smallest absolute Gasteiger partial charge is 0.322 e. The second kappa shape index (κ2) is 5.88. The summed E-state index contributed by atoms with van der Waals surface area (Å²) in [6, 6.07) is 5.97. The maximum atomic E-state index is 5.76. The van der Waals surface area contributed by atoms with E-state index in [1.165, 1.54) is 0 Å². The van der Waals surface area contributed by atoms with Gasteiger partial charge in [0.25, 0.3) is 0 Å². The Morgan fingerprint density at radius 2 is 2.00 bits per heavy atom. The van der Waals surface area contributed by atoms with Crippen molar-refractivity contribution in [1.82, 2.24) is 25.0 Å². The third kappa shape index (κ3) is 3.50. The molecule has 0 fully saturated rings. The first kappa shape index (κ1) is 15.9. The second-order valence-electron chi connectivity index (χ2n) is 6.64. The zero-order valence-corrected chi connectivity index (χ0v) is 15.1. The van der Waals surface area contributed by atoms with Crippen LogP contribution < -0.4 is 4.74 Å². The van der Waals surface area contributed by atoms with Crippen molar-refractivity contribution in [3.05, 3.63) is 34.6 Å². The fraction of sp³-hybridized carbons (Fsp3) is 0.375. The van der Waals surface area contributed by atoms with Crippen molar-refractivity contribution in [1.29, 1.82) is 0 Å². The molecule has 2 aromatic heterocycles. The molecule has 0 bridgehead atoms. The van der Waals surface area contributed by atoms with Crippen LogP contribution in [0.2, 0.25) is 0 Å². The summed E-state index contributed by atoms with van der Waals surface area (Å²) >= 11 is 3.55. The molecule has 7 heteroatoms. The van der Waals surface area contributed by atoms with Crippen molar-refractivity contribution < 1.29 is 4.74 Å². The van der Waals surface area contributed by atoms with E-state index in [9.17, 15) is 0 Å². The van der Waals surface area contributed by atoms with E-state index in [1.54, 1.807) is 6.20 Å². The monoisotopic (exact) mass is 375 g/mol. The fourth-order valence-corrected chi connectivity index (χ4v) is 2.70. The number of fused-ring (bicyclic) bond motifs is 1. The van der Waals surface area contributed by atoms with Crippen LogP contribution in [0.4, 0.5) is 0 Å². The zero-order valence-electron chi connectivity index (χ0n) is 13.5. The Labute approximate surface area is 143 Å². The SMILES string of the molecule is Cc1ccnc(Oc2ccc3c(nnn3CC(C)(C)C)c2Br)n1. The van der Waals surface area contributed by atoms with E-state index < -0.39 is 0 Å². The van der Waals surface area contributed by atoms with Crippen molar-refractivity contribution in [2.45, 2.75) is 34.2 Å². The molecule has 1 aromatic carbocycles. The number of aryl methyl sites for hydroxylation is 1. The van der Waals surface area contributed by atoms with E-state index in [0.29, 0.717) is 11.8 Å². The number of hydrogen-bond acceptors (Lipinski definition) is 5. The Kier molecular flexibility index (Phi) is 4.06. The van der Waals surface area contributed by atoms with Gasteiger partial charge in [-0.05, 0) is 46.5 Å². The summed E-state index contributed by atoms with van der Waals surface area (Å²) in [7, 11) is 0. The molecule has 120 valence electrons. The Hall–Kier alpha value is -2.02. The van der Waals surface area contributed by atoms with Crippen molar-refractivity contribution in [3.8, 4) is 11.8 Å². The lowest BCUT2D eigenvalue weighted by atomic mass is 9.97. The minimum absolute atomic E-state index is 0.123. The van der Waals surface area contributed by atoms with Crippen LogP contribution in [0.25, 0.3) is 11.0 Å². The van der Waals surface area contributed by atoms with Gasteiger partial charge in [-0.2, -0.15) is 0 Å². The molecule has 0 aliphatic rings. The van der Waals surface area contributed by atoms with E-state index in [2.05, 4.69) is 57.0 Å². The fourth-order valence-electron chi connectivity index (χ4n) is 2.20. The molecule has 0 amide bonds. The van der Waals surface area contributed by atoms with Gasteiger partial charge in [0.15, 0.2) is 0 Å². The Morgan fingerprint density at radius 1 is 1.22 bits per heavy atom. The quantitative estimate of drug-likeness (QED) is 0.688. The van der Waals surface area contributed by atoms with E-state index in [-0.39, 0.29) is 5.41 Å². The second-order valence-corrected chi connectivity index (χ2v) is 7.43. The van der Waals surface area contributed by atoms with E-state index in [0.717, 1.165) is 27.7 Å². The molecule has 0 unspecified atom stereocenters. The highest BCUT2D eigenvalue weighted by atomic mass is 79.9. The summed E-state index contributed by atoms with van der Waals surface area (Å²) in [6.07, 6.45) is 1.67. The number of halogens is 1. The molecular formula is C16H18BrN5O. The third-order valence-corrected chi connectivity index (χ3v) is 3.95. The molecule has 0 aliphatic carbocycles. The molecule has 0 radical (unpaired) electrons. The van der Waals surface area contributed by atoms with Crippen molar-refractivity contribution in [3.63, 3.8) is 0 Å². The highest BCUT2D eigenvalue weighted by Crippen LogP contribution is 2.34. The largest absolute Gasteiger partial charge is 0.423 e. The highest BCUT2D eigenvalue weighted by Gasteiger charge is 2.18. The summed E-state index contributed by atoms with van der Waals surface area (Å²) in [5.41, 5.74) is 2.70. The maximum Gasteiger partial charge on any atom is 0.322 e. The topological polar surface area (TPSA) is 65.7 Å². The summed E-state index contributed by atoms with van der Waals surface area (Å²) in [6.45, 7) is 9.19. The number of ether oxygens (including phenoxy) is 1. The number of hydrogen-bond donors (Lipinski definition) is 0. The molecule has 0 saturated heterocycles. The lowest BCUT2D eigenvalue weighted by Crippen LogP contribution is -2.16. The molecule has 2 heterocycles. The maximum absolute atomic E-state index is 5.76. The predicted octanol–water partition coefficient (Wildman–Crippen LogP) is 4.13. The average molecular weight is 376 g/mol. The number of aromatic nitrogens is 5. The Bertz CT molecular complexity index is 853. The van der Waals surface area contributed by atoms with E-state index in [1.807, 2.05) is 29.8 Å². The van der Waals surface area contributed by atoms with Crippen molar-refractivity contribution in [2.75, 3.05) is 0 Å². The molecule has 0 atom stereocenters. The van der Waals surface area contributed by atoms with E-state index in [4.69, 9.17) is 4.74 Å². The summed E-state index contributed by atoms with van der Waals surface area (Å²) in [5.74, 6) is 0.617. The normalized spacial score (nSPS) is 11.9. The van der Waals surface area contributed by atoms with Gasteiger partial charge in [-0.1, -0.05) is 26.0 Å². The van der Waals surface area contributed by atoms with E-state index >= 15 is 0 Å². The van der Waals surface area contributed by atoms with Gasteiger partial charge < -0.3 is 4.74 Å². The van der Waals surface area contributed by atoms with Crippen LogP contribution >= 0.6 is 15.9 Å². The molecule has 0 spiro atoms. The summed E-state index contributed by atoms with van der Waals surface area (Å²) in [5, 5.41) is 8.52. The van der Waals surface area contributed by atoms with Crippen LogP contribution in [0.1, 0.15) is 26.5 Å². The molecule has 0 N–H and O–H groups in total. The number of benzene rings is 1. The molecule has 23 heavy (non-hydrogen) atoms. The minimum Gasteiger partial charge on any atom is -0.423 e. The molecule has 6 nitrogen and oxygen atoms in total. The number of rotatable bonds is 3. The summed E-state index contributed by atoms with van der Waals surface area (Å²) < 4.78 is 8.42. The van der Waals surface area contributed by atoms with Crippen LogP contribution in [-0.4, -0.2) is 25.0 Å². The van der Waals surface area contributed by atoms with Gasteiger partial charge in [-0.25, -0.2) is 14.6 Å². The van der Waals surface area contributed by atoms with Crippen molar-refractivity contribution in [2.24, 2.45) is 5.41 Å². The minimum atomic E-state index is 0.123. The standard InChI is InChI=1S/C16H18BrN5O/c1-10-7-8-18-15(19-10)23-12-6-5-11-14(13(12)17)20-21-22(11)9-16(2,3)4/h5-8H,9H2,1-4H3. The van der Waals surface area contributed by atoms with Crippen LogP contribution in [-0.2, 0) is 6.54 Å². The third-order valence-electron chi connectivity index (χ3n) is 3.19. The first-order chi connectivity index (χ1) is 10.8. The Morgan fingerprint density at radius 3 is 2.70 bits per heavy atom. The first-order valence-electron chi connectivity index (χ1n) is 7.33. The van der Waals surface area contributed by atoms with Gasteiger partial charge in [-0.15, -0.1) is 5.10 Å². The average Bonchev–Trinajstić information content (AvgIpc) is 2.84. The van der Waals surface area contributed by atoms with Crippen LogP contribution in [0.3, 0.4) is 0 Å². The zero-order chi connectivity index (χ0) is 16.6. The molecule has 0 aliphatic heterocycles. The Balaban J connectivity index is 1.96. The molecular weight excluding hydrogens is 358 g/mol. The first-order valence-corrected chi connectivity index (χ1v) is 8.12. The van der Waals surface area contributed by atoms with Crippen LogP contribution in [0, 0.1) is 12.3 Å². The van der Waals surface area contributed by atoms with Gasteiger partial charge in [0.1, 0.15) is 11.3 Å². The molecule has 3 aromatic rings. The van der Waals surface area contributed by atoms with Gasteiger partial charge >= 0.3 is 6.01 Å². The lowest BCUT2D eigenvalue weighted by Gasteiger charge is -2.17. The van der Waals surface area contributed by atoms with Crippen LogP contribution in [0.5, 0.6) is 11.8 Å². The van der Waals surface area contributed by atoms with Gasteiger partial charge in [0, 0.05) is 18.4 Å². The summed E-state index contributed by atoms with van der Waals surface area (Å²) in [4.78, 5) is 8.36. The number of nitrogens with zero attached hydrogens (tertiary/aromatic N) is 5. The molecule has 3 rings (SSSR count). The van der Waals surface area contributed by atoms with Gasteiger partial charge in [0.2, 0.25) is 0 Å². The van der Waals surface area contributed by atoms with Gasteiger partial charge in [0.05, 0.1) is 9.99 Å². The van der Waals surface area contributed by atoms with Gasteiger partial charge in [-0.3, -0.25) is 0 Å².